The highest BCUT2D eigenvalue weighted by Gasteiger charge is 2.32. The van der Waals surface area contributed by atoms with Crippen molar-refractivity contribution >= 4 is 27.3 Å². The highest BCUT2D eigenvalue weighted by Crippen LogP contribution is 2.33. The Kier molecular flexibility index (Phi) is 4.85. The van der Waals surface area contributed by atoms with Gasteiger partial charge >= 0.3 is 0 Å². The van der Waals surface area contributed by atoms with Gasteiger partial charge < -0.3 is 5.73 Å². The molecule has 4 nitrogen and oxygen atoms in total. The summed E-state index contributed by atoms with van der Waals surface area (Å²) in [5.74, 6) is 0.677. The minimum Gasteiger partial charge on any atom is -0.398 e. The highest BCUT2D eigenvalue weighted by molar-refractivity contribution is 7.89. The van der Waals surface area contributed by atoms with Gasteiger partial charge in [0.15, 0.2) is 0 Å². The normalized spacial score (nSPS) is 23.5. The maximum atomic E-state index is 12.8. The van der Waals surface area contributed by atoms with E-state index in [9.17, 15) is 8.42 Å². The number of nitrogens with two attached hydrogens (primary N) is 1. The molecule has 0 saturated heterocycles. The van der Waals surface area contributed by atoms with Crippen LogP contribution in [-0.2, 0) is 10.0 Å². The van der Waals surface area contributed by atoms with Crippen LogP contribution < -0.4 is 5.73 Å². The zero-order valence-corrected chi connectivity index (χ0v) is 14.3. The molecule has 0 aromatic heterocycles. The van der Waals surface area contributed by atoms with Crippen molar-refractivity contribution in [1.29, 1.82) is 0 Å². The molecule has 0 aliphatic heterocycles. The lowest BCUT2D eigenvalue weighted by molar-refractivity contribution is 0.246. The zero-order chi connectivity index (χ0) is 15.8. The number of benzene rings is 1. The van der Waals surface area contributed by atoms with Crippen molar-refractivity contribution < 1.29 is 8.42 Å². The van der Waals surface area contributed by atoms with Gasteiger partial charge in [-0.2, -0.15) is 4.31 Å². The summed E-state index contributed by atoms with van der Waals surface area (Å²) < 4.78 is 27.0. The van der Waals surface area contributed by atoms with E-state index in [0.717, 1.165) is 31.2 Å². The van der Waals surface area contributed by atoms with Crippen LogP contribution in [0.4, 0.5) is 5.69 Å². The molecule has 2 N–H and O–H groups in total. The molecule has 2 rings (SSSR count). The predicted molar refractivity (Wildman–Crippen MR) is 87.0 cm³/mol. The first-order chi connectivity index (χ1) is 9.73. The van der Waals surface area contributed by atoms with Crippen LogP contribution in [-0.4, -0.2) is 25.8 Å². The Morgan fingerprint density at radius 1 is 1.24 bits per heavy atom. The van der Waals surface area contributed by atoms with E-state index in [1.54, 1.807) is 13.1 Å². The Hall–Kier alpha value is -0.780. The summed E-state index contributed by atoms with van der Waals surface area (Å²) in [6.45, 7) is 4.02. The van der Waals surface area contributed by atoms with Gasteiger partial charge in [-0.05, 0) is 56.2 Å². The summed E-state index contributed by atoms with van der Waals surface area (Å²) in [6.07, 6.45) is 3.92. The average Bonchev–Trinajstić information content (AvgIpc) is 2.42. The molecule has 1 aromatic carbocycles. The number of anilines is 1. The number of hydrogen-bond donors (Lipinski definition) is 1. The molecule has 1 aliphatic carbocycles. The number of hydrogen-bond acceptors (Lipinski definition) is 3. The Labute approximate surface area is 132 Å². The first kappa shape index (κ1) is 16.6. The van der Waals surface area contributed by atoms with E-state index < -0.39 is 10.0 Å². The first-order valence-corrected chi connectivity index (χ1v) is 9.09. The van der Waals surface area contributed by atoms with Gasteiger partial charge in [-0.1, -0.05) is 18.5 Å². The Balaban J connectivity index is 2.31. The number of sulfonamides is 1. The maximum absolute atomic E-state index is 12.8. The molecular weight excluding hydrogens is 308 g/mol. The lowest BCUT2D eigenvalue weighted by atomic mass is 9.87. The molecule has 0 atom stereocenters. The second-order valence-electron chi connectivity index (χ2n) is 6.07. The van der Waals surface area contributed by atoms with Gasteiger partial charge in [0, 0.05) is 18.8 Å². The van der Waals surface area contributed by atoms with Gasteiger partial charge in [-0.25, -0.2) is 8.42 Å². The quantitative estimate of drug-likeness (QED) is 0.863. The minimum atomic E-state index is -3.60. The largest absolute Gasteiger partial charge is 0.398 e. The minimum absolute atomic E-state index is 0.0461. The molecule has 0 spiro atoms. The van der Waals surface area contributed by atoms with Crippen LogP contribution >= 0.6 is 11.6 Å². The fraction of sp³-hybridized carbons (Fsp3) is 0.600. The van der Waals surface area contributed by atoms with Gasteiger partial charge in [0.2, 0.25) is 10.0 Å². The molecule has 1 aliphatic rings. The van der Waals surface area contributed by atoms with Crippen molar-refractivity contribution in [3.8, 4) is 0 Å². The van der Waals surface area contributed by atoms with Crippen molar-refractivity contribution in [3.05, 3.63) is 22.7 Å². The average molecular weight is 331 g/mol. The topological polar surface area (TPSA) is 63.4 Å². The SMILES string of the molecule is Cc1cc(Cl)c(S(=O)(=O)N(C)C2CCC(C)CC2)cc1N. The fourth-order valence-electron chi connectivity index (χ4n) is 2.82. The molecule has 1 saturated carbocycles. The summed E-state index contributed by atoms with van der Waals surface area (Å²) in [7, 11) is -1.96. The van der Waals surface area contributed by atoms with Crippen molar-refractivity contribution in [2.75, 3.05) is 12.8 Å². The summed E-state index contributed by atoms with van der Waals surface area (Å²) in [4.78, 5) is 0.105. The fourth-order valence-corrected chi connectivity index (χ4v) is 4.83. The molecule has 0 unspecified atom stereocenters. The van der Waals surface area contributed by atoms with Gasteiger partial charge in [-0.15, -0.1) is 0 Å². The van der Waals surface area contributed by atoms with Crippen LogP contribution in [0.3, 0.4) is 0 Å². The Morgan fingerprint density at radius 3 is 2.38 bits per heavy atom. The molecule has 118 valence electrons. The van der Waals surface area contributed by atoms with E-state index >= 15 is 0 Å². The van der Waals surface area contributed by atoms with Gasteiger partial charge in [0.25, 0.3) is 0 Å². The number of aryl methyl sites for hydroxylation is 1. The highest BCUT2D eigenvalue weighted by atomic mass is 35.5. The van der Waals surface area contributed by atoms with Crippen molar-refractivity contribution in [3.63, 3.8) is 0 Å². The van der Waals surface area contributed by atoms with Crippen LogP contribution in [0, 0.1) is 12.8 Å². The Bertz CT molecular complexity index is 623. The molecular formula is C15H23ClN2O2S. The summed E-state index contributed by atoms with van der Waals surface area (Å²) in [6, 6.07) is 3.12. The maximum Gasteiger partial charge on any atom is 0.244 e. The third-order valence-electron chi connectivity index (χ3n) is 4.48. The first-order valence-electron chi connectivity index (χ1n) is 7.27. The smallest absolute Gasteiger partial charge is 0.244 e. The number of nitrogens with zero attached hydrogens (tertiary/aromatic N) is 1. The van der Waals surface area contributed by atoms with E-state index in [1.165, 1.54) is 10.4 Å². The summed E-state index contributed by atoms with van der Waals surface area (Å²) >= 11 is 6.13. The van der Waals surface area contributed by atoms with E-state index in [4.69, 9.17) is 17.3 Å². The second-order valence-corrected chi connectivity index (χ2v) is 8.45. The van der Waals surface area contributed by atoms with Crippen molar-refractivity contribution in [2.45, 2.75) is 50.5 Å². The third kappa shape index (κ3) is 3.35. The van der Waals surface area contributed by atoms with E-state index in [-0.39, 0.29) is 16.0 Å². The molecule has 0 heterocycles. The van der Waals surface area contributed by atoms with E-state index in [2.05, 4.69) is 6.92 Å². The van der Waals surface area contributed by atoms with Gasteiger partial charge in [0.1, 0.15) is 4.90 Å². The number of halogens is 1. The summed E-state index contributed by atoms with van der Waals surface area (Å²) in [5, 5.41) is 0.234. The second kappa shape index (κ2) is 6.15. The van der Waals surface area contributed by atoms with Crippen molar-refractivity contribution in [1.82, 2.24) is 4.31 Å². The van der Waals surface area contributed by atoms with E-state index in [0.29, 0.717) is 11.6 Å². The standard InChI is InChI=1S/C15H23ClN2O2S/c1-10-4-6-12(7-5-10)18(3)21(19,20)15-9-14(17)11(2)8-13(15)16/h8-10,12H,4-7,17H2,1-3H3. The van der Waals surface area contributed by atoms with Gasteiger partial charge in [0.05, 0.1) is 5.02 Å². The molecule has 0 amide bonds. The molecule has 0 bridgehead atoms. The third-order valence-corrected chi connectivity index (χ3v) is 6.85. The van der Waals surface area contributed by atoms with Crippen LogP contribution in [0.2, 0.25) is 5.02 Å². The number of rotatable bonds is 3. The zero-order valence-electron chi connectivity index (χ0n) is 12.8. The molecule has 1 fully saturated rings. The lowest BCUT2D eigenvalue weighted by Gasteiger charge is -2.33. The molecule has 21 heavy (non-hydrogen) atoms. The monoisotopic (exact) mass is 330 g/mol. The van der Waals surface area contributed by atoms with E-state index in [1.807, 2.05) is 6.92 Å². The summed E-state index contributed by atoms with van der Waals surface area (Å²) in [5.41, 5.74) is 7.07. The molecule has 6 heteroatoms. The van der Waals surface area contributed by atoms with Crippen molar-refractivity contribution in [2.24, 2.45) is 5.92 Å². The Morgan fingerprint density at radius 2 is 1.81 bits per heavy atom. The molecule has 1 aromatic rings. The van der Waals surface area contributed by atoms with Crippen LogP contribution in [0.1, 0.15) is 38.2 Å². The predicted octanol–water partition coefficient (Wildman–Crippen LogP) is 3.43. The lowest BCUT2D eigenvalue weighted by Crippen LogP contribution is -2.39. The van der Waals surface area contributed by atoms with Gasteiger partial charge in [-0.3, -0.25) is 0 Å². The van der Waals surface area contributed by atoms with Crippen LogP contribution in [0.15, 0.2) is 17.0 Å². The van der Waals surface area contributed by atoms with Crippen LogP contribution in [0.5, 0.6) is 0 Å². The van der Waals surface area contributed by atoms with Crippen LogP contribution in [0.25, 0.3) is 0 Å². The molecule has 0 radical (unpaired) electrons. The number of nitrogen functional groups attached to an aromatic ring is 1.